The van der Waals surface area contributed by atoms with Gasteiger partial charge in [0, 0.05) is 17.3 Å². The van der Waals surface area contributed by atoms with Gasteiger partial charge in [0.15, 0.2) is 17.3 Å². The molecular formula is C38H49N7O5. The molecule has 4 heterocycles. The van der Waals surface area contributed by atoms with Crippen molar-refractivity contribution in [2.45, 2.75) is 128 Å². The van der Waals surface area contributed by atoms with E-state index in [0.29, 0.717) is 41.1 Å². The van der Waals surface area contributed by atoms with Crippen LogP contribution in [0.5, 0.6) is 11.8 Å². The number of anilines is 1. The molecule has 1 amide bonds. The van der Waals surface area contributed by atoms with Gasteiger partial charge >= 0.3 is 6.09 Å². The van der Waals surface area contributed by atoms with E-state index < -0.39 is 16.6 Å². The van der Waals surface area contributed by atoms with Crippen LogP contribution in [-0.2, 0) is 23.0 Å². The van der Waals surface area contributed by atoms with E-state index in [0.717, 1.165) is 80.4 Å². The van der Waals surface area contributed by atoms with Gasteiger partial charge in [-0.05, 0) is 124 Å². The van der Waals surface area contributed by atoms with Gasteiger partial charge in [0.2, 0.25) is 11.8 Å². The molecule has 0 bridgehead atoms. The highest BCUT2D eigenvalue weighted by atomic mass is 16.6. The summed E-state index contributed by atoms with van der Waals surface area (Å²) in [5.74, 6) is 1.86. The van der Waals surface area contributed by atoms with Crippen molar-refractivity contribution < 1.29 is 23.5 Å². The minimum Gasteiger partial charge on any atom is -0.473 e. The third-order valence-corrected chi connectivity index (χ3v) is 11.2. The maximum atomic E-state index is 12.9. The van der Waals surface area contributed by atoms with E-state index in [2.05, 4.69) is 36.2 Å². The minimum atomic E-state index is -0.636. The van der Waals surface area contributed by atoms with Gasteiger partial charge in [-0.2, -0.15) is 15.2 Å². The molecule has 2 aliphatic heterocycles. The fourth-order valence-electron chi connectivity index (χ4n) is 8.56. The highest BCUT2D eigenvalue weighted by Gasteiger charge is 2.53. The van der Waals surface area contributed by atoms with Crippen LogP contribution in [0.15, 0.2) is 22.7 Å². The zero-order chi connectivity index (χ0) is 35.6. The normalized spacial score (nSPS) is 24.9. The molecule has 0 radical (unpaired) electrons. The lowest BCUT2D eigenvalue weighted by atomic mass is 9.61. The first-order chi connectivity index (χ1) is 23.7. The summed E-state index contributed by atoms with van der Waals surface area (Å²) in [6.45, 7) is 12.9. The number of hydrogen-bond acceptors (Lipinski definition) is 11. The summed E-state index contributed by atoms with van der Waals surface area (Å²) < 4.78 is 25.0. The average molecular weight is 684 g/mol. The average Bonchev–Trinajstić information content (AvgIpc) is 3.69. The number of benzene rings is 1. The molecule has 2 fully saturated rings. The van der Waals surface area contributed by atoms with Gasteiger partial charge < -0.3 is 24.5 Å². The van der Waals surface area contributed by atoms with Crippen LogP contribution in [0.2, 0.25) is 0 Å². The summed E-state index contributed by atoms with van der Waals surface area (Å²) in [7, 11) is 2.12. The topological polar surface area (TPSA) is 153 Å². The summed E-state index contributed by atoms with van der Waals surface area (Å²) in [5, 5.41) is 14.8. The summed E-state index contributed by atoms with van der Waals surface area (Å²) in [4.78, 5) is 26.7. The third-order valence-electron chi connectivity index (χ3n) is 11.2. The molecule has 266 valence electrons. The molecule has 12 nitrogen and oxygen atoms in total. The molecule has 2 N–H and O–H groups in total. The lowest BCUT2D eigenvalue weighted by Gasteiger charge is -2.53. The van der Waals surface area contributed by atoms with Gasteiger partial charge in [0.05, 0.1) is 29.1 Å². The van der Waals surface area contributed by atoms with Crippen molar-refractivity contribution in [1.29, 1.82) is 5.26 Å². The Labute approximate surface area is 294 Å². The van der Waals surface area contributed by atoms with Crippen LogP contribution < -0.4 is 15.2 Å². The standard InChI is InChI=1S/C38H49N7O5/c1-22(27-13-10-18-44(27)7)47-29-19-30(48-28-21-45(37(28,5)6)35(46)49-36(2,3)4)42-34(41-29)32-24-12-9-17-38(33(24)50-43-32)16-8-11-23-14-15-26(40)25(20-39)31(23)38/h14-15,19,22,27-28H,8-13,16-18,21,40H2,1-7H3/t22-,27-,28+,38+/m0/s1. The maximum absolute atomic E-state index is 12.9. The molecule has 0 saturated carbocycles. The van der Waals surface area contributed by atoms with Gasteiger partial charge in [-0.1, -0.05) is 11.2 Å². The largest absolute Gasteiger partial charge is 0.473 e. The first-order valence-corrected chi connectivity index (χ1v) is 18.0. The van der Waals surface area contributed by atoms with Crippen molar-refractivity contribution in [2.75, 3.05) is 25.9 Å². The summed E-state index contributed by atoms with van der Waals surface area (Å²) in [6, 6.07) is 8.29. The fraction of sp³-hybridized carbons (Fsp3) is 0.605. The number of carbonyl (C=O) groups excluding carboxylic acids is 1. The number of hydrogen-bond donors (Lipinski definition) is 1. The van der Waals surface area contributed by atoms with Gasteiger partial charge in [0.25, 0.3) is 0 Å². The van der Waals surface area contributed by atoms with Crippen molar-refractivity contribution in [3.05, 3.63) is 46.2 Å². The Morgan fingerprint density at radius 1 is 1.14 bits per heavy atom. The number of carbonyl (C=O) groups is 1. The minimum absolute atomic E-state index is 0.121. The van der Waals surface area contributed by atoms with E-state index >= 15 is 0 Å². The molecule has 2 aromatic heterocycles. The number of aromatic nitrogens is 3. The molecule has 4 aliphatic rings. The molecule has 12 heteroatoms. The second kappa shape index (κ2) is 12.4. The summed E-state index contributed by atoms with van der Waals surface area (Å²) >= 11 is 0. The molecule has 1 spiro atoms. The number of nitrogens with zero attached hydrogens (tertiary/aromatic N) is 6. The lowest BCUT2D eigenvalue weighted by Crippen LogP contribution is -2.71. The number of ether oxygens (including phenoxy) is 3. The Hall–Kier alpha value is -4.37. The van der Waals surface area contributed by atoms with E-state index in [1.165, 1.54) is 0 Å². The predicted molar refractivity (Wildman–Crippen MR) is 187 cm³/mol. The third kappa shape index (κ3) is 5.83. The van der Waals surface area contributed by atoms with Crippen molar-refractivity contribution in [1.82, 2.24) is 24.9 Å². The molecule has 7 rings (SSSR count). The van der Waals surface area contributed by atoms with E-state index in [1.54, 1.807) is 11.0 Å². The Kier molecular flexibility index (Phi) is 8.48. The molecular weight excluding hydrogens is 634 g/mol. The molecule has 3 aromatic rings. The van der Waals surface area contributed by atoms with Gasteiger partial charge in [-0.25, -0.2) is 4.79 Å². The van der Waals surface area contributed by atoms with E-state index in [1.807, 2.05) is 40.7 Å². The maximum Gasteiger partial charge on any atom is 0.410 e. The lowest BCUT2D eigenvalue weighted by molar-refractivity contribution is -0.103. The van der Waals surface area contributed by atoms with E-state index in [9.17, 15) is 10.1 Å². The number of nitrogens with two attached hydrogens (primary N) is 1. The Morgan fingerprint density at radius 3 is 2.56 bits per heavy atom. The van der Waals surface area contributed by atoms with E-state index in [4.69, 9.17) is 34.4 Å². The summed E-state index contributed by atoms with van der Waals surface area (Å²) in [5.41, 5.74) is 9.27. The molecule has 0 unspecified atom stereocenters. The fourth-order valence-corrected chi connectivity index (χ4v) is 8.56. The number of nitrogen functional groups attached to an aromatic ring is 1. The van der Waals surface area contributed by atoms with Crippen LogP contribution in [0.3, 0.4) is 0 Å². The first kappa shape index (κ1) is 34.1. The number of likely N-dealkylation sites (tertiary alicyclic amines) is 2. The zero-order valence-corrected chi connectivity index (χ0v) is 30.3. The number of amides is 1. The zero-order valence-electron chi connectivity index (χ0n) is 30.3. The van der Waals surface area contributed by atoms with Crippen LogP contribution in [-0.4, -0.2) is 80.5 Å². The van der Waals surface area contributed by atoms with Crippen LogP contribution in [0, 0.1) is 11.3 Å². The highest BCUT2D eigenvalue weighted by Crippen LogP contribution is 2.53. The number of likely N-dealkylation sites (N-methyl/N-ethyl adjacent to an activating group) is 1. The van der Waals surface area contributed by atoms with Crippen LogP contribution in [0.25, 0.3) is 11.5 Å². The van der Waals surface area contributed by atoms with Gasteiger partial charge in [-0.15, -0.1) is 0 Å². The number of rotatable bonds is 6. The molecule has 2 aliphatic carbocycles. The number of fused-ring (bicyclic) bond motifs is 4. The predicted octanol–water partition coefficient (Wildman–Crippen LogP) is 6.18. The van der Waals surface area contributed by atoms with Gasteiger partial charge in [-0.3, -0.25) is 9.80 Å². The van der Waals surface area contributed by atoms with Gasteiger partial charge in [0.1, 0.15) is 23.9 Å². The second-order valence-electron chi connectivity index (χ2n) is 16.0. The van der Waals surface area contributed by atoms with Crippen LogP contribution >= 0.6 is 0 Å². The van der Waals surface area contributed by atoms with Crippen molar-refractivity contribution >= 4 is 11.8 Å². The Balaban J connectivity index is 1.25. The van der Waals surface area contributed by atoms with Crippen molar-refractivity contribution in [2.24, 2.45) is 0 Å². The Bertz CT molecular complexity index is 1840. The van der Waals surface area contributed by atoms with Crippen LogP contribution in [0.4, 0.5) is 10.5 Å². The molecule has 1 aromatic carbocycles. The second-order valence-corrected chi connectivity index (χ2v) is 16.0. The summed E-state index contributed by atoms with van der Waals surface area (Å²) in [6.07, 6.45) is 6.51. The highest BCUT2D eigenvalue weighted by molar-refractivity contribution is 5.71. The smallest absolute Gasteiger partial charge is 0.410 e. The SMILES string of the molecule is C[C@H](Oc1cc(O[C@@H]2CN(C(=O)OC(C)(C)C)C2(C)C)nc(-c2noc3c2CCC[C@@]32CCCc3ccc(N)c(C#N)c32)n1)[C@@H]1CCCN1C. The molecule has 2 saturated heterocycles. The Morgan fingerprint density at radius 2 is 1.88 bits per heavy atom. The molecule has 4 atom stereocenters. The molecule has 50 heavy (non-hydrogen) atoms. The number of nitriles is 1. The quantitative estimate of drug-likeness (QED) is 0.296. The van der Waals surface area contributed by atoms with Crippen molar-refractivity contribution in [3.8, 4) is 29.3 Å². The van der Waals surface area contributed by atoms with E-state index in [-0.39, 0.29) is 24.3 Å². The first-order valence-electron chi connectivity index (χ1n) is 18.0. The number of aryl methyl sites for hydroxylation is 1. The van der Waals surface area contributed by atoms with Crippen molar-refractivity contribution in [3.63, 3.8) is 0 Å². The monoisotopic (exact) mass is 683 g/mol. The van der Waals surface area contributed by atoms with Crippen LogP contribution in [0.1, 0.15) is 108 Å².